The summed E-state index contributed by atoms with van der Waals surface area (Å²) in [6.45, 7) is 4.83. The second-order valence-corrected chi connectivity index (χ2v) is 6.09. The van der Waals surface area contributed by atoms with E-state index in [1.54, 1.807) is 6.92 Å². The number of hydrogen-bond donors (Lipinski definition) is 1. The minimum atomic E-state index is -0.0822. The number of rotatable bonds is 2. The van der Waals surface area contributed by atoms with E-state index in [9.17, 15) is 4.79 Å². The Balaban J connectivity index is 1.94. The maximum absolute atomic E-state index is 11.6. The number of nitrogens with one attached hydrogen (secondary N) is 1. The van der Waals surface area contributed by atoms with E-state index < -0.39 is 0 Å². The zero-order valence-corrected chi connectivity index (χ0v) is 12.2. The molecule has 2 atom stereocenters. The van der Waals surface area contributed by atoms with E-state index in [0.717, 1.165) is 25.8 Å². The smallest absolute Gasteiger partial charge is 0.217 e. The van der Waals surface area contributed by atoms with Crippen LogP contribution < -0.4 is 10.2 Å². The highest BCUT2D eigenvalue weighted by atomic mass is 16.1. The highest BCUT2D eigenvalue weighted by Gasteiger charge is 2.48. The molecule has 3 rings (SSSR count). The van der Waals surface area contributed by atoms with Crippen molar-refractivity contribution in [2.24, 2.45) is 0 Å². The molecule has 0 bridgehead atoms. The van der Waals surface area contributed by atoms with Crippen molar-refractivity contribution in [3.63, 3.8) is 0 Å². The van der Waals surface area contributed by atoms with E-state index >= 15 is 0 Å². The summed E-state index contributed by atoms with van der Waals surface area (Å²) in [6.07, 6.45) is 5.30. The van der Waals surface area contributed by atoms with Crippen molar-refractivity contribution in [3.8, 4) is 0 Å². The number of benzene rings is 1. The van der Waals surface area contributed by atoms with Gasteiger partial charge in [-0.1, -0.05) is 29.8 Å². The van der Waals surface area contributed by atoms with Crippen LogP contribution in [0.15, 0.2) is 42.0 Å². The fraction of sp³-hybridized carbons (Fsp3) is 0.471. The molecular formula is C17H22N2O. The number of carbonyl (C=O) groups is 1. The number of para-hydroxylation sites is 1. The van der Waals surface area contributed by atoms with Crippen molar-refractivity contribution in [2.75, 3.05) is 11.4 Å². The van der Waals surface area contributed by atoms with E-state index in [1.165, 1.54) is 11.3 Å². The molecule has 1 saturated heterocycles. The fourth-order valence-corrected chi connectivity index (χ4v) is 3.70. The third kappa shape index (κ3) is 2.21. The predicted octanol–water partition coefficient (Wildman–Crippen LogP) is 2.88. The second-order valence-electron chi connectivity index (χ2n) is 6.09. The lowest BCUT2D eigenvalue weighted by Crippen LogP contribution is -2.57. The van der Waals surface area contributed by atoms with Crippen molar-refractivity contribution < 1.29 is 4.79 Å². The Kier molecular flexibility index (Phi) is 3.28. The molecule has 1 fully saturated rings. The first-order chi connectivity index (χ1) is 9.61. The van der Waals surface area contributed by atoms with Gasteiger partial charge < -0.3 is 10.2 Å². The number of amides is 1. The molecule has 0 saturated carbocycles. The predicted molar refractivity (Wildman–Crippen MR) is 81.7 cm³/mol. The number of nitrogens with zero attached hydrogens (tertiary/aromatic N) is 1. The maximum Gasteiger partial charge on any atom is 0.217 e. The maximum atomic E-state index is 11.6. The number of carbonyl (C=O) groups excluding carboxylic acids is 1. The van der Waals surface area contributed by atoms with Crippen LogP contribution in [0.5, 0.6) is 0 Å². The standard InChI is InChI=1S/C17H22N2O/c1-13-8-9-17(18-14(2)20)10-11-19(16(17)12-13)15-6-4-3-5-7-15/h3-8,16H,9-12H2,1-2H3,(H,18,20)/t16?,17-/m1/s1. The number of fused-ring (bicyclic) bond motifs is 1. The molecule has 106 valence electrons. The van der Waals surface area contributed by atoms with E-state index in [0.29, 0.717) is 6.04 Å². The van der Waals surface area contributed by atoms with Crippen LogP contribution in [-0.4, -0.2) is 24.0 Å². The summed E-state index contributed by atoms with van der Waals surface area (Å²) in [5.74, 6) is 0.0814. The normalized spacial score (nSPS) is 28.8. The van der Waals surface area contributed by atoms with Gasteiger partial charge in [0, 0.05) is 19.2 Å². The molecule has 3 heteroatoms. The third-order valence-corrected chi connectivity index (χ3v) is 4.66. The molecule has 1 unspecified atom stereocenters. The minimum absolute atomic E-state index is 0.0814. The molecule has 1 aliphatic heterocycles. The summed E-state index contributed by atoms with van der Waals surface area (Å²) in [5, 5.41) is 3.25. The van der Waals surface area contributed by atoms with Gasteiger partial charge in [-0.05, 0) is 38.3 Å². The van der Waals surface area contributed by atoms with E-state index in [2.05, 4.69) is 47.5 Å². The van der Waals surface area contributed by atoms with Crippen LogP contribution in [-0.2, 0) is 4.79 Å². The highest BCUT2D eigenvalue weighted by molar-refractivity contribution is 5.74. The zero-order chi connectivity index (χ0) is 14.2. The Morgan fingerprint density at radius 2 is 2.10 bits per heavy atom. The van der Waals surface area contributed by atoms with Gasteiger partial charge in [0.25, 0.3) is 0 Å². The van der Waals surface area contributed by atoms with Gasteiger partial charge in [-0.2, -0.15) is 0 Å². The molecule has 1 aromatic carbocycles. The lowest BCUT2D eigenvalue weighted by Gasteiger charge is -2.42. The van der Waals surface area contributed by atoms with Crippen LogP contribution in [0.3, 0.4) is 0 Å². The molecule has 1 N–H and O–H groups in total. The number of hydrogen-bond acceptors (Lipinski definition) is 2. The van der Waals surface area contributed by atoms with Crippen LogP contribution in [0.25, 0.3) is 0 Å². The molecule has 1 heterocycles. The van der Waals surface area contributed by atoms with Crippen LogP contribution in [0, 0.1) is 0 Å². The second kappa shape index (κ2) is 4.97. The van der Waals surface area contributed by atoms with E-state index in [-0.39, 0.29) is 11.4 Å². The summed E-state index contributed by atoms with van der Waals surface area (Å²) in [5.41, 5.74) is 2.61. The molecule has 0 radical (unpaired) electrons. The van der Waals surface area contributed by atoms with Gasteiger partial charge in [-0.25, -0.2) is 0 Å². The first-order valence-electron chi connectivity index (χ1n) is 7.37. The van der Waals surface area contributed by atoms with Crippen molar-refractivity contribution in [1.29, 1.82) is 0 Å². The SMILES string of the molecule is CC(=O)N[C@@]12CC=C(C)CC1N(c1ccccc1)CC2. The highest BCUT2D eigenvalue weighted by Crippen LogP contribution is 2.41. The largest absolute Gasteiger partial charge is 0.366 e. The van der Waals surface area contributed by atoms with Crippen LogP contribution in [0.4, 0.5) is 5.69 Å². The van der Waals surface area contributed by atoms with Gasteiger partial charge in [-0.15, -0.1) is 0 Å². The molecule has 2 aliphatic rings. The summed E-state index contributed by atoms with van der Waals surface area (Å²) >= 11 is 0. The summed E-state index contributed by atoms with van der Waals surface area (Å²) < 4.78 is 0. The average molecular weight is 270 g/mol. The van der Waals surface area contributed by atoms with Gasteiger partial charge in [0.1, 0.15) is 0 Å². The van der Waals surface area contributed by atoms with Crippen LogP contribution in [0.2, 0.25) is 0 Å². The van der Waals surface area contributed by atoms with Gasteiger partial charge >= 0.3 is 0 Å². The molecule has 1 aromatic rings. The molecule has 20 heavy (non-hydrogen) atoms. The molecule has 1 amide bonds. The Morgan fingerprint density at radius 1 is 1.35 bits per heavy atom. The minimum Gasteiger partial charge on any atom is -0.366 e. The Morgan fingerprint density at radius 3 is 2.80 bits per heavy atom. The lowest BCUT2D eigenvalue weighted by molar-refractivity contribution is -0.121. The van der Waals surface area contributed by atoms with Gasteiger partial charge in [0.05, 0.1) is 11.6 Å². The molecule has 3 nitrogen and oxygen atoms in total. The van der Waals surface area contributed by atoms with Crippen LogP contribution >= 0.6 is 0 Å². The zero-order valence-electron chi connectivity index (χ0n) is 12.2. The quantitative estimate of drug-likeness (QED) is 0.838. The first-order valence-corrected chi connectivity index (χ1v) is 7.37. The van der Waals surface area contributed by atoms with Crippen molar-refractivity contribution >= 4 is 11.6 Å². The Hall–Kier alpha value is -1.77. The first kappa shape index (κ1) is 13.2. The van der Waals surface area contributed by atoms with Crippen molar-refractivity contribution in [2.45, 2.75) is 44.7 Å². The summed E-state index contributed by atoms with van der Waals surface area (Å²) in [6, 6.07) is 10.9. The van der Waals surface area contributed by atoms with Gasteiger partial charge in [0.2, 0.25) is 5.91 Å². The monoisotopic (exact) mass is 270 g/mol. The van der Waals surface area contributed by atoms with Crippen LogP contribution in [0.1, 0.15) is 33.1 Å². The topological polar surface area (TPSA) is 32.3 Å². The van der Waals surface area contributed by atoms with Gasteiger partial charge in [-0.3, -0.25) is 4.79 Å². The fourth-order valence-electron chi connectivity index (χ4n) is 3.70. The van der Waals surface area contributed by atoms with Crippen molar-refractivity contribution in [3.05, 3.63) is 42.0 Å². The summed E-state index contributed by atoms with van der Waals surface area (Å²) in [7, 11) is 0. The number of anilines is 1. The Labute approximate surface area is 120 Å². The third-order valence-electron chi connectivity index (χ3n) is 4.66. The molecule has 1 aliphatic carbocycles. The molecule has 0 aromatic heterocycles. The lowest BCUT2D eigenvalue weighted by atomic mass is 9.78. The average Bonchev–Trinajstić information content (AvgIpc) is 2.78. The molecule has 0 spiro atoms. The molecular weight excluding hydrogens is 248 g/mol. The van der Waals surface area contributed by atoms with Crippen molar-refractivity contribution in [1.82, 2.24) is 5.32 Å². The summed E-state index contributed by atoms with van der Waals surface area (Å²) in [4.78, 5) is 14.1. The van der Waals surface area contributed by atoms with E-state index in [4.69, 9.17) is 0 Å². The van der Waals surface area contributed by atoms with Gasteiger partial charge in [0.15, 0.2) is 0 Å². The Bertz CT molecular complexity index is 537. The van der Waals surface area contributed by atoms with E-state index in [1.807, 2.05) is 6.07 Å².